The summed E-state index contributed by atoms with van der Waals surface area (Å²) in [5, 5.41) is 11.5. The molecule has 2 aliphatic heterocycles. The number of carbonyl (C=O) groups excluding carboxylic acids is 4. The van der Waals surface area contributed by atoms with Crippen molar-refractivity contribution in [1.29, 1.82) is 0 Å². The fraction of sp³-hybridized carbons (Fsp3) is 0.577. The van der Waals surface area contributed by atoms with E-state index in [1.165, 1.54) is 4.90 Å². The summed E-state index contributed by atoms with van der Waals surface area (Å²) in [4.78, 5) is 63.5. The van der Waals surface area contributed by atoms with Gasteiger partial charge in [0.15, 0.2) is 0 Å². The second-order valence-electron chi connectivity index (χ2n) is 10.2. The summed E-state index contributed by atoms with van der Waals surface area (Å²) < 4.78 is 5.71. The van der Waals surface area contributed by atoms with Gasteiger partial charge in [0.1, 0.15) is 6.04 Å². The molecule has 0 aliphatic carbocycles. The molecule has 2 N–H and O–H groups in total. The smallest absolute Gasteiger partial charge is 0.407 e. The number of hydrogen-bond donors (Lipinski definition) is 2. The number of fused-ring (bicyclic) bond motifs is 1. The summed E-state index contributed by atoms with van der Waals surface area (Å²) in [6, 6.07) is 4.15. The number of imide groups is 2. The highest BCUT2D eigenvalue weighted by atomic mass is 16.5. The van der Waals surface area contributed by atoms with Gasteiger partial charge >= 0.3 is 6.09 Å². The zero-order valence-corrected chi connectivity index (χ0v) is 21.2. The maximum Gasteiger partial charge on any atom is 0.407 e. The molecule has 196 valence electrons. The highest BCUT2D eigenvalue weighted by molar-refractivity contribution is 6.24. The molecule has 10 nitrogen and oxygen atoms in total. The molecule has 10 heteroatoms. The van der Waals surface area contributed by atoms with Gasteiger partial charge in [-0.1, -0.05) is 12.1 Å². The maximum absolute atomic E-state index is 13.1. The van der Waals surface area contributed by atoms with Gasteiger partial charge in [-0.3, -0.25) is 29.4 Å². The first-order chi connectivity index (χ1) is 17.0. The number of unbranched alkanes of at least 4 members (excludes halogenated alkanes) is 2. The first-order valence-electron chi connectivity index (χ1n) is 12.4. The molecule has 1 aromatic carbocycles. The van der Waals surface area contributed by atoms with Gasteiger partial charge in [-0.05, 0) is 70.9 Å². The Morgan fingerprint density at radius 3 is 2.47 bits per heavy atom. The topological polar surface area (TPSA) is 133 Å². The van der Waals surface area contributed by atoms with E-state index in [0.29, 0.717) is 38.2 Å². The van der Waals surface area contributed by atoms with Crippen LogP contribution in [0.5, 0.6) is 0 Å². The van der Waals surface area contributed by atoms with E-state index in [1.54, 1.807) is 18.2 Å². The lowest BCUT2D eigenvalue weighted by atomic mass is 9.99. The van der Waals surface area contributed by atoms with Crippen LogP contribution in [0, 0.1) is 0 Å². The maximum atomic E-state index is 13.1. The zero-order valence-electron chi connectivity index (χ0n) is 21.2. The molecule has 2 heterocycles. The number of hydrogen-bond acceptors (Lipinski definition) is 6. The predicted molar refractivity (Wildman–Crippen MR) is 131 cm³/mol. The molecule has 0 aromatic heterocycles. The van der Waals surface area contributed by atoms with Crippen LogP contribution in [-0.4, -0.2) is 76.0 Å². The molecule has 0 spiro atoms. The number of nitrogens with one attached hydrogen (secondary N) is 1. The van der Waals surface area contributed by atoms with Crippen LogP contribution in [0.3, 0.4) is 0 Å². The fourth-order valence-electron chi connectivity index (χ4n) is 4.63. The highest BCUT2D eigenvalue weighted by Gasteiger charge is 2.45. The minimum Gasteiger partial charge on any atom is -0.465 e. The van der Waals surface area contributed by atoms with E-state index in [2.05, 4.69) is 5.32 Å². The number of aryl methyl sites for hydroxylation is 1. The zero-order chi connectivity index (χ0) is 26.5. The van der Waals surface area contributed by atoms with Crippen LogP contribution in [-0.2, 0) is 20.7 Å². The third kappa shape index (κ3) is 6.29. The van der Waals surface area contributed by atoms with Crippen LogP contribution >= 0.6 is 0 Å². The van der Waals surface area contributed by atoms with Gasteiger partial charge < -0.3 is 14.7 Å². The van der Waals surface area contributed by atoms with Crippen molar-refractivity contribution in [3.63, 3.8) is 0 Å². The van der Waals surface area contributed by atoms with Crippen LogP contribution in [0.1, 0.15) is 85.6 Å². The van der Waals surface area contributed by atoms with Gasteiger partial charge in [0.25, 0.3) is 11.8 Å². The summed E-state index contributed by atoms with van der Waals surface area (Å²) in [6.07, 6.45) is 2.96. The minimum absolute atomic E-state index is 0.0857. The number of ether oxygens (including phenoxy) is 1. The van der Waals surface area contributed by atoms with Gasteiger partial charge in [-0.2, -0.15) is 0 Å². The Balaban J connectivity index is 1.43. The molecule has 1 atom stereocenters. The van der Waals surface area contributed by atoms with E-state index in [4.69, 9.17) is 4.74 Å². The Labute approximate surface area is 211 Å². The molecule has 1 unspecified atom stereocenters. The van der Waals surface area contributed by atoms with Gasteiger partial charge in [-0.15, -0.1) is 0 Å². The lowest BCUT2D eigenvalue weighted by Gasteiger charge is -2.33. The lowest BCUT2D eigenvalue weighted by Crippen LogP contribution is -2.54. The molecular formula is C26H35N3O7. The second kappa shape index (κ2) is 11.6. The SMILES string of the molecule is CC(C)(C)N(CCCCCOCCCc1cccc2c1C(=O)N(C1CCC(=O)NC1=O)C2=O)C(=O)O. The van der Waals surface area contributed by atoms with Crippen LogP contribution in [0.4, 0.5) is 4.79 Å². The van der Waals surface area contributed by atoms with E-state index in [1.807, 2.05) is 20.8 Å². The molecule has 0 bridgehead atoms. The standard InChI is InChI=1S/C26H35N3O7/c1-26(2,3)28(25(34)35)14-5-4-6-15-36-16-8-10-17-9-7-11-18-21(17)24(33)29(23(18)32)19-12-13-20(30)27-22(19)31/h7,9,11,19H,4-6,8,10,12-16H2,1-3H3,(H,34,35)(H,27,30,31). The predicted octanol–water partition coefficient (Wildman–Crippen LogP) is 2.99. The number of nitrogens with zero attached hydrogens (tertiary/aromatic N) is 2. The number of carboxylic acid groups (broad SMARTS) is 1. The normalized spacial score (nSPS) is 17.9. The molecular weight excluding hydrogens is 466 g/mol. The first-order valence-corrected chi connectivity index (χ1v) is 12.4. The van der Waals surface area contributed by atoms with E-state index in [-0.39, 0.29) is 18.4 Å². The summed E-state index contributed by atoms with van der Waals surface area (Å²) >= 11 is 0. The molecule has 1 saturated heterocycles. The molecule has 0 saturated carbocycles. The van der Waals surface area contributed by atoms with Crippen molar-refractivity contribution >= 4 is 29.7 Å². The summed E-state index contributed by atoms with van der Waals surface area (Å²) in [5.41, 5.74) is 0.924. The number of amides is 5. The van der Waals surface area contributed by atoms with Crippen molar-refractivity contribution in [2.24, 2.45) is 0 Å². The average Bonchev–Trinajstić information content (AvgIpc) is 3.05. The van der Waals surface area contributed by atoms with Gasteiger partial charge in [0, 0.05) is 31.7 Å². The number of benzene rings is 1. The van der Waals surface area contributed by atoms with E-state index >= 15 is 0 Å². The average molecular weight is 502 g/mol. The van der Waals surface area contributed by atoms with Crippen LogP contribution < -0.4 is 5.32 Å². The molecule has 2 aliphatic rings. The Hall–Kier alpha value is -3.27. The summed E-state index contributed by atoms with van der Waals surface area (Å²) in [7, 11) is 0. The monoisotopic (exact) mass is 501 g/mol. The number of piperidine rings is 1. The highest BCUT2D eigenvalue weighted by Crippen LogP contribution is 2.30. The summed E-state index contributed by atoms with van der Waals surface area (Å²) in [5.74, 6) is -2.02. The van der Waals surface area contributed by atoms with Crippen molar-refractivity contribution in [2.45, 2.75) is 77.3 Å². The molecule has 36 heavy (non-hydrogen) atoms. The molecule has 0 radical (unpaired) electrons. The quantitative estimate of drug-likeness (QED) is 0.352. The van der Waals surface area contributed by atoms with Crippen molar-refractivity contribution in [1.82, 2.24) is 15.1 Å². The third-order valence-electron chi connectivity index (χ3n) is 6.50. The fourth-order valence-corrected chi connectivity index (χ4v) is 4.63. The second-order valence-corrected chi connectivity index (χ2v) is 10.2. The first kappa shape index (κ1) is 27.3. The Morgan fingerprint density at radius 2 is 1.81 bits per heavy atom. The molecule has 1 aromatic rings. The van der Waals surface area contributed by atoms with Gasteiger partial charge in [0.05, 0.1) is 11.1 Å². The lowest BCUT2D eigenvalue weighted by molar-refractivity contribution is -0.136. The van der Waals surface area contributed by atoms with E-state index < -0.39 is 41.3 Å². The number of carbonyl (C=O) groups is 5. The van der Waals surface area contributed by atoms with Crippen LogP contribution in [0.2, 0.25) is 0 Å². The van der Waals surface area contributed by atoms with E-state index in [9.17, 15) is 29.1 Å². The van der Waals surface area contributed by atoms with Crippen LogP contribution in [0.25, 0.3) is 0 Å². The van der Waals surface area contributed by atoms with Crippen LogP contribution in [0.15, 0.2) is 18.2 Å². The van der Waals surface area contributed by atoms with Gasteiger partial charge in [0.2, 0.25) is 11.8 Å². The van der Waals surface area contributed by atoms with Gasteiger partial charge in [-0.25, -0.2) is 4.79 Å². The largest absolute Gasteiger partial charge is 0.465 e. The van der Waals surface area contributed by atoms with E-state index in [0.717, 1.165) is 29.7 Å². The Morgan fingerprint density at radius 1 is 1.08 bits per heavy atom. The molecule has 3 rings (SSSR count). The molecule has 5 amide bonds. The van der Waals surface area contributed by atoms with Crippen molar-refractivity contribution in [2.75, 3.05) is 19.8 Å². The Kier molecular flexibility index (Phi) is 8.84. The third-order valence-corrected chi connectivity index (χ3v) is 6.50. The summed E-state index contributed by atoms with van der Waals surface area (Å²) in [6.45, 7) is 7.18. The van der Waals surface area contributed by atoms with Crippen molar-refractivity contribution in [3.8, 4) is 0 Å². The Bertz CT molecular complexity index is 1030. The number of rotatable bonds is 11. The molecule has 1 fully saturated rings. The van der Waals surface area contributed by atoms with Crippen molar-refractivity contribution in [3.05, 3.63) is 34.9 Å². The van der Waals surface area contributed by atoms with Crippen molar-refractivity contribution < 1.29 is 33.8 Å². The minimum atomic E-state index is -0.975.